The van der Waals surface area contributed by atoms with Crippen LogP contribution >= 0.6 is 29.4 Å². The second kappa shape index (κ2) is 58.4. The van der Waals surface area contributed by atoms with Gasteiger partial charge in [-0.3, -0.25) is 39.8 Å². The number of anilines is 9. The number of nitrogens with two attached hydrogens (primary N) is 3. The first-order valence-corrected chi connectivity index (χ1v) is 46.3. The van der Waals surface area contributed by atoms with E-state index >= 15 is 0 Å². The minimum absolute atomic E-state index is 0.0114. The van der Waals surface area contributed by atoms with E-state index < -0.39 is 39.1 Å². The average molecular weight is 1970 g/mol. The number of nitrogens with zero attached hydrogens (tertiary/aromatic N) is 16. The Bertz CT molecular complexity index is 6630. The molecular weight excluding hydrogens is 1880 g/mol. The summed E-state index contributed by atoms with van der Waals surface area (Å²) < 4.78 is 27.1. The quantitative estimate of drug-likeness (QED) is 0.00429. The molecule has 36 nitrogen and oxygen atoms in total. The van der Waals surface area contributed by atoms with Crippen molar-refractivity contribution in [1.82, 2.24) is 54.2 Å². The predicted molar refractivity (Wildman–Crippen MR) is 527 cm³/mol. The number of rotatable bonds is 20. The molecular formula is C94H90Cl3N23O13Sn. The molecule has 0 saturated carbocycles. The molecule has 2 radical (unpaired) electrons. The van der Waals surface area contributed by atoms with Crippen LogP contribution < -0.4 is 48.9 Å². The van der Waals surface area contributed by atoms with E-state index in [1.54, 1.807) is 126 Å². The number of methoxy groups -OCH3 is 4. The van der Waals surface area contributed by atoms with Gasteiger partial charge in [0.25, 0.3) is 17.1 Å². The number of benzene rings is 10. The number of carbonyl (C=O) groups excluding carboxylic acids is 1. The summed E-state index contributed by atoms with van der Waals surface area (Å²) in [5.41, 5.74) is 26.4. The van der Waals surface area contributed by atoms with Gasteiger partial charge in [0, 0.05) is 189 Å². The molecule has 0 unspecified atom stereocenters. The normalized spacial score (nSPS) is 9.90. The first-order chi connectivity index (χ1) is 64.4. The number of nitro groups is 3. The Hall–Kier alpha value is -16.2. The number of non-ortho nitro benzene ring substituents is 3. The molecule has 4 heterocycles. The molecule has 4 aromatic heterocycles. The van der Waals surface area contributed by atoms with Crippen molar-refractivity contribution < 1.29 is 43.2 Å². The molecule has 0 atom stereocenters. The van der Waals surface area contributed by atoms with Gasteiger partial charge >= 0.3 is 47.8 Å². The number of halogens is 3. The van der Waals surface area contributed by atoms with Gasteiger partial charge < -0.3 is 71.6 Å². The fourth-order valence-electron chi connectivity index (χ4n) is 10.8. The monoisotopic (exact) mass is 1970 g/mol. The minimum atomic E-state index is -0.826. The number of hydrogen-bond donors (Lipinski definition) is 7. The Kier molecular flexibility index (Phi) is 47.2. The molecule has 0 fully saturated rings. The standard InChI is InChI=1S/C20H15N5O.C16H10N4O2.C16H12N4.C10H10N4O2.C8H7N.C7H5ClO2.C7H5N3O2.2C5H13NO2.2ClH.Sn/c1-3-14-5-4-6-15(11-14)23-19-17-12-16(7-8-18(17)21-13-22-19)25-10-9-24(2)20(25)26;1-2-11-4-3-5-12(8-11)19-16-14-9-13(20(21)22)6-7-15(14)17-10-18-16;1-2-11-4-3-5-13(8-11)20-16-14-9-12(17)6-7-15(14)18-10-19-16;1-13(2)7-12-10-4-3-9(14(15)16)5-8(10)6-11;1-2-7-4-3-5-8(9)6-7;8-7(9)10-6-4-2-1-3-5-6;8-4-5-3-6(10(11)12)1-2-7(5)9;1-6(2)5(7-3)8-4;1-6-4-5(7-2)8-3;;;/h1,4-13H,2H3,(H,21,22,23);1,3-10H,(H,17,18,19);1,3-10H,17H2,(H,18,19,20);3-5,7H,1-2H3;1,3-6H,9H2;1-5H;1-3H,9H2;5H,1-4H3;5-6H,4H2,1-3H3;2*1H;/q;;;;;;;;;;;+2/p-2. The van der Waals surface area contributed by atoms with Gasteiger partial charge in [-0.1, -0.05) is 66.1 Å². The van der Waals surface area contributed by atoms with Gasteiger partial charge in [-0.2, -0.15) is 10.5 Å². The zero-order valence-electron chi connectivity index (χ0n) is 73.7. The Morgan fingerprint density at radius 3 is 1.34 bits per heavy atom. The Morgan fingerprint density at radius 1 is 0.537 bits per heavy atom. The molecule has 0 bridgehead atoms. The second-order valence-corrected chi connectivity index (χ2v) is 31.4. The van der Waals surface area contributed by atoms with Crippen LogP contribution in [0.15, 0.2) is 260 Å². The molecule has 40 heteroatoms. The topological polar surface area (TPSA) is 490 Å². The summed E-state index contributed by atoms with van der Waals surface area (Å²) in [6.45, 7) is 0.729. The SMILES string of the molecule is C#Cc1cccc(N)c1.C#Cc1cccc(Nc2ncnc3ccc(-n4ccn(C)c4=O)cc23)c1.C#Cc1cccc(Nc2ncnc3ccc(N)cc23)c1.C#Cc1cccc(Nc2ncnc3ccc([N+](=O)[O-])cc23)c1.CN(C)C=Nc1ccc([N+](=O)[O-])cc1C#N.CNCC(OC)OC.COC(OC)N(C)C.N#Cc1cc([N+](=O)[O-])ccc1N.O=C(Cl)Oc1ccccc1.[Cl][Sn][Cl]. The number of aromatic nitrogens is 8. The molecule has 10 N–H and O–H groups in total. The molecule has 0 aliphatic heterocycles. The van der Waals surface area contributed by atoms with E-state index in [0.29, 0.717) is 51.2 Å². The number of para-hydroxylation sites is 1. The number of nitriles is 2. The van der Waals surface area contributed by atoms with Crippen molar-refractivity contribution in [2.24, 2.45) is 12.0 Å². The number of terminal acetylenes is 4. The first kappa shape index (κ1) is 108. The van der Waals surface area contributed by atoms with Gasteiger partial charge in [0.15, 0.2) is 6.29 Å². The predicted octanol–water partition coefficient (Wildman–Crippen LogP) is 16.4. The maximum absolute atomic E-state index is 12.2. The number of ether oxygens (including phenoxy) is 5. The van der Waals surface area contributed by atoms with Crippen LogP contribution in [-0.2, 0) is 26.0 Å². The molecule has 0 aliphatic carbocycles. The van der Waals surface area contributed by atoms with Crippen LogP contribution in [0.5, 0.6) is 5.75 Å². The van der Waals surface area contributed by atoms with Crippen LogP contribution in [0.1, 0.15) is 33.4 Å². The van der Waals surface area contributed by atoms with Gasteiger partial charge in [-0.15, -0.1) is 25.7 Å². The van der Waals surface area contributed by atoms with E-state index in [9.17, 15) is 39.9 Å². The molecule has 0 saturated heterocycles. The average Bonchev–Trinajstić information content (AvgIpc) is 1.49. The van der Waals surface area contributed by atoms with Gasteiger partial charge in [0.2, 0.25) is 6.41 Å². The van der Waals surface area contributed by atoms with Gasteiger partial charge in [0.05, 0.1) is 60.2 Å². The summed E-state index contributed by atoms with van der Waals surface area (Å²) in [4.78, 5) is 85.5. The summed E-state index contributed by atoms with van der Waals surface area (Å²) in [6, 6.07) is 65.3. The van der Waals surface area contributed by atoms with Crippen molar-refractivity contribution in [2.75, 3.05) is 103 Å². The zero-order chi connectivity index (χ0) is 98.6. The summed E-state index contributed by atoms with van der Waals surface area (Å²) >= 11 is 4.13. The number of nitrogens with one attached hydrogen (secondary N) is 4. The Balaban J connectivity index is 0.000000273. The summed E-state index contributed by atoms with van der Waals surface area (Å²) in [5.74, 6) is 12.6. The molecule has 0 aliphatic rings. The van der Waals surface area contributed by atoms with Gasteiger partial charge in [0.1, 0.15) is 54.3 Å². The summed E-state index contributed by atoms with van der Waals surface area (Å²) in [7, 11) is 27.2. The molecule has 14 aromatic rings. The van der Waals surface area contributed by atoms with E-state index in [-0.39, 0.29) is 52.3 Å². The maximum atomic E-state index is 12.2. The van der Waals surface area contributed by atoms with Crippen LogP contribution in [0.25, 0.3) is 38.4 Å². The number of aliphatic imine (C=N–C) groups is 1. The van der Waals surface area contributed by atoms with Crippen molar-refractivity contribution in [3.8, 4) is 73.0 Å². The first-order valence-electron chi connectivity index (χ1n) is 38.7. The number of nitro benzene ring substituents is 3. The van der Waals surface area contributed by atoms with Gasteiger partial charge in [-0.25, -0.2) is 44.5 Å². The number of likely N-dealkylation sites (N-methyl/N-ethyl adjacent to an activating group) is 1. The zero-order valence-corrected chi connectivity index (χ0v) is 78.9. The van der Waals surface area contributed by atoms with E-state index in [2.05, 4.69) is 84.6 Å². The van der Waals surface area contributed by atoms with Crippen LogP contribution in [0.4, 0.5) is 79.1 Å². The second-order valence-electron chi connectivity index (χ2n) is 26.8. The fourth-order valence-corrected chi connectivity index (χ4v) is 10.9. The van der Waals surface area contributed by atoms with E-state index in [1.165, 1.54) is 72.4 Å². The summed E-state index contributed by atoms with van der Waals surface area (Å²) in [5, 5.41) is 63.8. The number of aryl methyl sites for hydroxylation is 1. The Morgan fingerprint density at radius 2 is 0.955 bits per heavy atom. The van der Waals surface area contributed by atoms with Crippen LogP contribution in [0.3, 0.4) is 0 Å². The van der Waals surface area contributed by atoms with E-state index in [0.717, 1.165) is 79.4 Å². The number of imidazole rings is 1. The number of carbonyl (C=O) groups is 1. The molecule has 684 valence electrons. The van der Waals surface area contributed by atoms with Crippen molar-refractivity contribution in [1.29, 1.82) is 10.5 Å². The molecule has 10 aromatic carbocycles. The fraction of sp³-hybridized carbons (Fsp3) is 0.138. The third-order valence-electron chi connectivity index (χ3n) is 17.0. The van der Waals surface area contributed by atoms with E-state index in [1.807, 2.05) is 153 Å². The Labute approximate surface area is 794 Å². The van der Waals surface area contributed by atoms with Crippen LogP contribution in [0.2, 0.25) is 0 Å². The third-order valence-corrected chi connectivity index (χ3v) is 17.1. The van der Waals surface area contributed by atoms with E-state index in [4.69, 9.17) is 102 Å². The molecule has 14 rings (SSSR count). The number of hydrogen-bond acceptors (Lipinski definition) is 30. The van der Waals surface area contributed by atoms with Crippen molar-refractivity contribution in [2.45, 2.75) is 12.7 Å². The summed E-state index contributed by atoms with van der Waals surface area (Å²) in [6.07, 6.45) is 30.4. The molecule has 0 spiro atoms. The van der Waals surface area contributed by atoms with Crippen LogP contribution in [0, 0.1) is 102 Å². The van der Waals surface area contributed by atoms with Gasteiger partial charge in [-0.05, 0) is 161 Å². The third kappa shape index (κ3) is 36.8. The van der Waals surface area contributed by atoms with Crippen LogP contribution in [-0.4, -0.2) is 177 Å². The van der Waals surface area contributed by atoms with Crippen molar-refractivity contribution in [3.63, 3.8) is 0 Å². The number of fused-ring (bicyclic) bond motifs is 3. The van der Waals surface area contributed by atoms with Crippen molar-refractivity contribution in [3.05, 3.63) is 324 Å². The number of nitrogen functional groups attached to an aromatic ring is 3. The van der Waals surface area contributed by atoms with Crippen molar-refractivity contribution >= 4 is 167 Å². The molecule has 134 heavy (non-hydrogen) atoms. The molecule has 0 amide bonds.